The van der Waals surface area contributed by atoms with Gasteiger partial charge < -0.3 is 29.7 Å². The molecule has 1 amide bonds. The highest BCUT2D eigenvalue weighted by molar-refractivity contribution is 8.00. The molecule has 2 aromatic rings. The lowest BCUT2D eigenvalue weighted by atomic mass is 9.96. The third-order valence-electron chi connectivity index (χ3n) is 5.56. The molecule has 1 fully saturated rings. The zero-order valence-electron chi connectivity index (χ0n) is 19.5. The predicted octanol–water partition coefficient (Wildman–Crippen LogP) is 1.97. The first kappa shape index (κ1) is 25.0. The van der Waals surface area contributed by atoms with Gasteiger partial charge in [-0.3, -0.25) is 4.79 Å². The number of nitrogens with zero attached hydrogens (tertiary/aromatic N) is 5. The third-order valence-corrected chi connectivity index (χ3v) is 6.52. The molecule has 0 radical (unpaired) electrons. The second kappa shape index (κ2) is 11.0. The van der Waals surface area contributed by atoms with Crippen molar-refractivity contribution < 1.29 is 19.0 Å². The second-order valence-electron chi connectivity index (χ2n) is 7.54. The van der Waals surface area contributed by atoms with Gasteiger partial charge in [-0.15, -0.1) is 0 Å². The van der Waals surface area contributed by atoms with Crippen LogP contribution in [0.5, 0.6) is 17.2 Å². The highest BCUT2D eigenvalue weighted by Gasteiger charge is 2.25. The lowest BCUT2D eigenvalue weighted by molar-refractivity contribution is -0.129. The molecule has 0 atom stereocenters. The third kappa shape index (κ3) is 4.96. The molecular formula is C23H26N6O4S. The largest absolute Gasteiger partial charge is 0.493 e. The minimum Gasteiger partial charge on any atom is -0.493 e. The van der Waals surface area contributed by atoms with Crippen LogP contribution < -0.4 is 19.9 Å². The van der Waals surface area contributed by atoms with Crippen LogP contribution in [0.15, 0.2) is 17.2 Å². The second-order valence-corrected chi connectivity index (χ2v) is 8.50. The molecule has 10 nitrogen and oxygen atoms in total. The summed E-state index contributed by atoms with van der Waals surface area (Å²) in [5, 5.41) is 20.1. The van der Waals surface area contributed by atoms with Crippen molar-refractivity contribution in [3.05, 3.63) is 23.3 Å². The number of likely N-dealkylation sites (N-methyl/N-ethyl adjacent to an activating group) is 1. The van der Waals surface area contributed by atoms with E-state index in [1.54, 1.807) is 17.0 Å². The summed E-state index contributed by atoms with van der Waals surface area (Å²) < 4.78 is 16.2. The number of thioether (sulfide) groups is 1. The number of amides is 1. The summed E-state index contributed by atoms with van der Waals surface area (Å²) in [6.45, 7) is 2.93. The van der Waals surface area contributed by atoms with Gasteiger partial charge in [0.25, 0.3) is 0 Å². The summed E-state index contributed by atoms with van der Waals surface area (Å²) in [7, 11) is 6.45. The van der Waals surface area contributed by atoms with Crippen molar-refractivity contribution in [1.29, 1.82) is 10.5 Å². The Morgan fingerprint density at radius 1 is 1.06 bits per heavy atom. The molecular weight excluding hydrogens is 456 g/mol. The summed E-state index contributed by atoms with van der Waals surface area (Å²) in [4.78, 5) is 21.0. The van der Waals surface area contributed by atoms with E-state index in [0.29, 0.717) is 41.5 Å². The van der Waals surface area contributed by atoms with Crippen LogP contribution in [0, 0.1) is 22.7 Å². The van der Waals surface area contributed by atoms with E-state index in [1.165, 1.54) is 21.3 Å². The standard InChI is InChI=1S/C23H26N6O4S/c1-28-5-7-29(8-6-28)19(30)13-34-23-16(12-25)20(15(11-24)22(26)27-23)14-9-17(31-2)21(33-4)18(10-14)32-3/h9-10H,5-8,13H2,1-4H3,(H2,26,27). The zero-order chi connectivity index (χ0) is 24.8. The Kier molecular flexibility index (Phi) is 8.05. The number of carbonyl (C=O) groups excluding carboxylic acids is 1. The Morgan fingerprint density at radius 3 is 2.15 bits per heavy atom. The Morgan fingerprint density at radius 2 is 1.65 bits per heavy atom. The van der Waals surface area contributed by atoms with Gasteiger partial charge in [-0.25, -0.2) is 4.98 Å². The Labute approximate surface area is 202 Å². The van der Waals surface area contributed by atoms with Gasteiger partial charge in [-0.2, -0.15) is 10.5 Å². The van der Waals surface area contributed by atoms with Crippen molar-refractivity contribution in [2.75, 3.05) is 66.0 Å². The highest BCUT2D eigenvalue weighted by atomic mass is 32.2. The maximum atomic E-state index is 12.7. The molecule has 0 aliphatic carbocycles. The summed E-state index contributed by atoms with van der Waals surface area (Å²) >= 11 is 1.13. The van der Waals surface area contributed by atoms with Gasteiger partial charge in [0.2, 0.25) is 11.7 Å². The normalized spacial score (nSPS) is 13.6. The first-order chi connectivity index (χ1) is 16.4. The van der Waals surface area contributed by atoms with Crippen molar-refractivity contribution >= 4 is 23.5 Å². The van der Waals surface area contributed by atoms with Crippen LogP contribution in [0.3, 0.4) is 0 Å². The summed E-state index contributed by atoms with van der Waals surface area (Å²) in [6, 6.07) is 7.47. The Bertz CT molecular complexity index is 1140. The Hall–Kier alpha value is -3.67. The van der Waals surface area contributed by atoms with Gasteiger partial charge in [-0.05, 0) is 24.7 Å². The number of methoxy groups -OCH3 is 3. The van der Waals surface area contributed by atoms with E-state index >= 15 is 0 Å². The quantitative estimate of drug-likeness (QED) is 0.583. The van der Waals surface area contributed by atoms with Crippen LogP contribution in [-0.4, -0.2) is 81.0 Å². The minimum absolute atomic E-state index is 0.0280. The molecule has 0 unspecified atom stereocenters. The first-order valence-corrected chi connectivity index (χ1v) is 11.4. The maximum Gasteiger partial charge on any atom is 0.233 e. The summed E-state index contributed by atoms with van der Waals surface area (Å²) in [6.07, 6.45) is 0. The van der Waals surface area contributed by atoms with Crippen LogP contribution in [0.4, 0.5) is 5.82 Å². The van der Waals surface area contributed by atoms with Crippen LogP contribution in [0.2, 0.25) is 0 Å². The zero-order valence-corrected chi connectivity index (χ0v) is 20.4. The molecule has 1 aliphatic heterocycles. The molecule has 1 aliphatic rings. The predicted molar refractivity (Wildman–Crippen MR) is 128 cm³/mol. The van der Waals surface area contributed by atoms with Crippen LogP contribution in [0.25, 0.3) is 11.1 Å². The molecule has 0 spiro atoms. The molecule has 178 valence electrons. The number of ether oxygens (including phenoxy) is 3. The van der Waals surface area contributed by atoms with Gasteiger partial charge in [0, 0.05) is 31.7 Å². The molecule has 2 heterocycles. The van der Waals surface area contributed by atoms with E-state index < -0.39 is 0 Å². The topological polar surface area (TPSA) is 138 Å². The highest BCUT2D eigenvalue weighted by Crippen LogP contribution is 2.44. The van der Waals surface area contributed by atoms with Crippen LogP contribution in [0.1, 0.15) is 11.1 Å². The molecule has 1 aromatic carbocycles. The number of hydrogen-bond donors (Lipinski definition) is 1. The van der Waals surface area contributed by atoms with E-state index in [4.69, 9.17) is 19.9 Å². The number of pyridine rings is 1. The van der Waals surface area contributed by atoms with Crippen molar-refractivity contribution in [1.82, 2.24) is 14.8 Å². The van der Waals surface area contributed by atoms with Gasteiger partial charge >= 0.3 is 0 Å². The SMILES string of the molecule is COc1cc(-c2c(C#N)c(N)nc(SCC(=O)N3CCN(C)CC3)c2C#N)cc(OC)c1OC. The number of nitriles is 2. The fourth-order valence-corrected chi connectivity index (χ4v) is 4.59. The molecule has 0 saturated carbocycles. The average Bonchev–Trinajstić information content (AvgIpc) is 2.86. The van der Waals surface area contributed by atoms with E-state index in [1.807, 2.05) is 13.1 Å². The van der Waals surface area contributed by atoms with Gasteiger partial charge in [0.15, 0.2) is 11.5 Å². The average molecular weight is 483 g/mol. The van der Waals surface area contributed by atoms with E-state index in [2.05, 4.69) is 16.0 Å². The number of hydrogen-bond acceptors (Lipinski definition) is 10. The summed E-state index contributed by atoms with van der Waals surface area (Å²) in [5.41, 5.74) is 7.09. The number of anilines is 1. The number of carbonyl (C=O) groups is 1. The van der Waals surface area contributed by atoms with Crippen LogP contribution >= 0.6 is 11.8 Å². The molecule has 34 heavy (non-hydrogen) atoms. The van der Waals surface area contributed by atoms with Crippen molar-refractivity contribution in [2.45, 2.75) is 5.03 Å². The number of aromatic nitrogens is 1. The maximum absolute atomic E-state index is 12.7. The van der Waals surface area contributed by atoms with E-state index in [0.717, 1.165) is 24.9 Å². The van der Waals surface area contributed by atoms with Crippen molar-refractivity contribution in [3.63, 3.8) is 0 Å². The molecule has 0 bridgehead atoms. The van der Waals surface area contributed by atoms with Gasteiger partial charge in [-0.1, -0.05) is 11.8 Å². The number of nitrogen functional groups attached to an aromatic ring is 1. The minimum atomic E-state index is -0.0407. The van der Waals surface area contributed by atoms with E-state index in [9.17, 15) is 15.3 Å². The monoisotopic (exact) mass is 482 g/mol. The number of nitrogens with two attached hydrogens (primary N) is 1. The summed E-state index contributed by atoms with van der Waals surface area (Å²) in [5.74, 6) is 1.13. The fourth-order valence-electron chi connectivity index (χ4n) is 3.69. The number of piperazine rings is 1. The lowest BCUT2D eigenvalue weighted by Gasteiger charge is -2.32. The smallest absolute Gasteiger partial charge is 0.233 e. The van der Waals surface area contributed by atoms with Gasteiger partial charge in [0.1, 0.15) is 28.5 Å². The fraction of sp³-hybridized carbons (Fsp3) is 0.391. The lowest BCUT2D eigenvalue weighted by Crippen LogP contribution is -2.47. The van der Waals surface area contributed by atoms with Gasteiger partial charge in [0.05, 0.1) is 32.6 Å². The van der Waals surface area contributed by atoms with Crippen LogP contribution in [-0.2, 0) is 4.79 Å². The number of rotatable bonds is 7. The molecule has 3 rings (SSSR count). The molecule has 1 aromatic heterocycles. The first-order valence-electron chi connectivity index (χ1n) is 10.4. The Balaban J connectivity index is 2.05. The van der Waals surface area contributed by atoms with Crippen molar-refractivity contribution in [3.8, 4) is 40.5 Å². The van der Waals surface area contributed by atoms with Crippen molar-refractivity contribution in [2.24, 2.45) is 0 Å². The molecule has 11 heteroatoms. The molecule has 1 saturated heterocycles. The molecule has 2 N–H and O–H groups in total. The van der Waals surface area contributed by atoms with E-state index in [-0.39, 0.29) is 33.6 Å². The number of benzene rings is 1.